The molecular formula is C18H23N5O5. The predicted octanol–water partition coefficient (Wildman–Crippen LogP) is 0.454. The number of hydrogen-bond acceptors (Lipinski definition) is 7. The van der Waals surface area contributed by atoms with Crippen LogP contribution in [0.25, 0.3) is 0 Å². The van der Waals surface area contributed by atoms with Crippen LogP contribution >= 0.6 is 0 Å². The van der Waals surface area contributed by atoms with Crippen molar-refractivity contribution < 1.29 is 23.6 Å². The molecule has 2 amide bonds. The van der Waals surface area contributed by atoms with Crippen molar-refractivity contribution >= 4 is 11.8 Å². The van der Waals surface area contributed by atoms with Gasteiger partial charge in [-0.05, 0) is 13.0 Å². The molecule has 0 bridgehead atoms. The van der Waals surface area contributed by atoms with Crippen molar-refractivity contribution in [3.8, 4) is 0 Å². The van der Waals surface area contributed by atoms with Gasteiger partial charge in [0.25, 0.3) is 11.8 Å². The quantitative estimate of drug-likeness (QED) is 0.748. The van der Waals surface area contributed by atoms with Gasteiger partial charge in [0, 0.05) is 26.7 Å². The highest BCUT2D eigenvalue weighted by molar-refractivity contribution is 5.94. The molecule has 0 radical (unpaired) electrons. The van der Waals surface area contributed by atoms with Crippen molar-refractivity contribution in [2.24, 2.45) is 0 Å². The van der Waals surface area contributed by atoms with Gasteiger partial charge in [-0.15, -0.1) is 0 Å². The van der Waals surface area contributed by atoms with Crippen molar-refractivity contribution in [2.45, 2.75) is 26.6 Å². The smallest absolute Gasteiger partial charge is 0.276 e. The number of ether oxygens (including phenoxy) is 2. The number of methoxy groups -OCH3 is 1. The number of aryl methyl sites for hydroxylation is 1. The third-order valence-corrected chi connectivity index (χ3v) is 5.08. The molecule has 0 atom stereocenters. The lowest BCUT2D eigenvalue weighted by molar-refractivity contribution is 0.0298. The number of amides is 2. The monoisotopic (exact) mass is 389 g/mol. The lowest BCUT2D eigenvalue weighted by Crippen LogP contribution is -2.41. The highest BCUT2D eigenvalue weighted by Gasteiger charge is 2.30. The minimum absolute atomic E-state index is 0.0995. The van der Waals surface area contributed by atoms with Crippen molar-refractivity contribution in [3.05, 3.63) is 34.5 Å². The van der Waals surface area contributed by atoms with Crippen LogP contribution < -0.4 is 0 Å². The molecule has 4 heterocycles. The first-order chi connectivity index (χ1) is 13.6. The standard InChI is InChI=1S/C18H23N5O5/c1-12-14(11-26-2)16(20-28-12)18(25)22-3-4-23-13(10-22)9-15(19-23)17(24)21-5-7-27-8-6-21/h9H,3-8,10-11H2,1-2H3. The average Bonchev–Trinajstić information content (AvgIpc) is 3.31. The Morgan fingerprint density at radius 3 is 2.68 bits per heavy atom. The van der Waals surface area contributed by atoms with E-state index in [1.807, 2.05) is 0 Å². The summed E-state index contributed by atoms with van der Waals surface area (Å²) in [5.74, 6) is 0.264. The maximum atomic E-state index is 12.9. The summed E-state index contributed by atoms with van der Waals surface area (Å²) in [4.78, 5) is 29.0. The van der Waals surface area contributed by atoms with Gasteiger partial charge in [0.2, 0.25) is 0 Å². The van der Waals surface area contributed by atoms with Crippen molar-refractivity contribution in [1.82, 2.24) is 24.7 Å². The Hall–Kier alpha value is -2.72. The topological polar surface area (TPSA) is 103 Å². The molecule has 2 aliphatic heterocycles. The molecule has 0 aromatic carbocycles. The highest BCUT2D eigenvalue weighted by Crippen LogP contribution is 2.21. The molecule has 150 valence electrons. The lowest BCUT2D eigenvalue weighted by atomic mass is 10.1. The summed E-state index contributed by atoms with van der Waals surface area (Å²) in [5, 5.41) is 8.35. The Morgan fingerprint density at radius 2 is 1.93 bits per heavy atom. The summed E-state index contributed by atoms with van der Waals surface area (Å²) in [7, 11) is 1.56. The number of nitrogens with zero attached hydrogens (tertiary/aromatic N) is 5. The second kappa shape index (κ2) is 7.72. The third-order valence-electron chi connectivity index (χ3n) is 5.08. The maximum Gasteiger partial charge on any atom is 0.276 e. The highest BCUT2D eigenvalue weighted by atomic mass is 16.5. The Morgan fingerprint density at radius 1 is 1.14 bits per heavy atom. The van der Waals surface area contributed by atoms with Gasteiger partial charge in [-0.3, -0.25) is 14.3 Å². The predicted molar refractivity (Wildman–Crippen MR) is 95.6 cm³/mol. The lowest BCUT2D eigenvalue weighted by Gasteiger charge is -2.27. The van der Waals surface area contributed by atoms with Gasteiger partial charge in [-0.2, -0.15) is 5.10 Å². The molecule has 1 fully saturated rings. The average molecular weight is 389 g/mol. The van der Waals surface area contributed by atoms with E-state index in [0.29, 0.717) is 63.0 Å². The zero-order chi connectivity index (χ0) is 19.7. The van der Waals surface area contributed by atoms with Gasteiger partial charge in [0.05, 0.1) is 44.2 Å². The molecule has 10 nitrogen and oxygen atoms in total. The molecule has 10 heteroatoms. The van der Waals surface area contributed by atoms with E-state index in [2.05, 4.69) is 10.3 Å². The molecule has 0 unspecified atom stereocenters. The molecule has 0 N–H and O–H groups in total. The Bertz CT molecular complexity index is 883. The van der Waals surface area contributed by atoms with E-state index >= 15 is 0 Å². The van der Waals surface area contributed by atoms with Crippen LogP contribution in [0.3, 0.4) is 0 Å². The maximum absolute atomic E-state index is 12.9. The van der Waals surface area contributed by atoms with Gasteiger partial charge in [0.15, 0.2) is 11.4 Å². The molecule has 2 aromatic heterocycles. The largest absolute Gasteiger partial charge is 0.380 e. The number of morpholine rings is 1. The van der Waals surface area contributed by atoms with Crippen LogP contribution in [0.15, 0.2) is 10.6 Å². The minimum atomic E-state index is -0.211. The molecule has 0 aliphatic carbocycles. The van der Waals surface area contributed by atoms with Gasteiger partial charge in [-0.25, -0.2) is 0 Å². The summed E-state index contributed by atoms with van der Waals surface area (Å²) < 4.78 is 17.4. The SMILES string of the molecule is COCc1c(C(=O)N2CCn3nc(C(=O)N4CCOCC4)cc3C2)noc1C. The molecule has 1 saturated heterocycles. The number of carbonyl (C=O) groups is 2. The van der Waals surface area contributed by atoms with E-state index in [4.69, 9.17) is 14.0 Å². The minimum Gasteiger partial charge on any atom is -0.380 e. The Balaban J connectivity index is 1.50. The van der Waals surface area contributed by atoms with Gasteiger partial charge >= 0.3 is 0 Å². The first-order valence-corrected chi connectivity index (χ1v) is 9.25. The fourth-order valence-electron chi connectivity index (χ4n) is 3.50. The summed E-state index contributed by atoms with van der Waals surface area (Å²) in [6.07, 6.45) is 0. The molecule has 2 aromatic rings. The number of fused-ring (bicyclic) bond motifs is 1. The zero-order valence-electron chi connectivity index (χ0n) is 16.0. The van der Waals surface area contributed by atoms with Crippen LogP contribution in [0.5, 0.6) is 0 Å². The first-order valence-electron chi connectivity index (χ1n) is 9.25. The Labute approximate surface area is 161 Å². The first kappa shape index (κ1) is 18.6. The fraction of sp³-hybridized carbons (Fsp3) is 0.556. The number of hydrogen-bond donors (Lipinski definition) is 0. The Kier molecular flexibility index (Phi) is 5.14. The zero-order valence-corrected chi connectivity index (χ0v) is 16.0. The fourth-order valence-corrected chi connectivity index (χ4v) is 3.50. The number of carbonyl (C=O) groups excluding carboxylic acids is 2. The van der Waals surface area contributed by atoms with Crippen LogP contribution in [0.1, 0.15) is 38.0 Å². The molecule has 28 heavy (non-hydrogen) atoms. The van der Waals surface area contributed by atoms with Gasteiger partial charge in [-0.1, -0.05) is 5.16 Å². The normalized spacial score (nSPS) is 16.9. The van der Waals surface area contributed by atoms with Gasteiger partial charge < -0.3 is 23.8 Å². The molecule has 0 saturated carbocycles. The summed E-state index contributed by atoms with van der Waals surface area (Å²) in [6.45, 7) is 5.61. The van der Waals surface area contributed by atoms with Crippen LogP contribution in [-0.2, 0) is 29.2 Å². The van der Waals surface area contributed by atoms with Crippen molar-refractivity contribution in [3.63, 3.8) is 0 Å². The second-order valence-corrected chi connectivity index (χ2v) is 6.87. The summed E-state index contributed by atoms with van der Waals surface area (Å²) in [6, 6.07) is 1.77. The summed E-state index contributed by atoms with van der Waals surface area (Å²) in [5.41, 5.74) is 2.17. The van der Waals surface area contributed by atoms with Crippen LogP contribution in [0.4, 0.5) is 0 Å². The second-order valence-electron chi connectivity index (χ2n) is 6.87. The van der Waals surface area contributed by atoms with Gasteiger partial charge in [0.1, 0.15) is 5.76 Å². The van der Waals surface area contributed by atoms with Crippen molar-refractivity contribution in [1.29, 1.82) is 0 Å². The summed E-state index contributed by atoms with van der Waals surface area (Å²) >= 11 is 0. The van der Waals surface area contributed by atoms with E-state index < -0.39 is 0 Å². The number of rotatable bonds is 4. The molecule has 0 spiro atoms. The van der Waals surface area contributed by atoms with E-state index in [1.54, 1.807) is 34.6 Å². The van der Waals surface area contributed by atoms with E-state index in [0.717, 1.165) is 5.69 Å². The van der Waals surface area contributed by atoms with Crippen LogP contribution in [0.2, 0.25) is 0 Å². The molecule has 2 aliphatic rings. The number of aromatic nitrogens is 3. The van der Waals surface area contributed by atoms with E-state index in [9.17, 15) is 9.59 Å². The molecule has 4 rings (SSSR count). The van der Waals surface area contributed by atoms with Crippen LogP contribution in [0, 0.1) is 6.92 Å². The van der Waals surface area contributed by atoms with E-state index in [1.165, 1.54) is 0 Å². The van der Waals surface area contributed by atoms with E-state index in [-0.39, 0.29) is 24.1 Å². The third kappa shape index (κ3) is 3.40. The van der Waals surface area contributed by atoms with Crippen molar-refractivity contribution in [2.75, 3.05) is 40.0 Å². The van der Waals surface area contributed by atoms with Crippen LogP contribution in [-0.4, -0.2) is 76.5 Å². The molecular weight excluding hydrogens is 366 g/mol.